The molecule has 142 valence electrons. The Hall–Kier alpha value is -0.657. The molecule has 0 aliphatic carbocycles. The van der Waals surface area contributed by atoms with E-state index in [1.54, 1.807) is 24.3 Å². The first-order chi connectivity index (χ1) is 12.1. The monoisotopic (exact) mass is 450 g/mol. The van der Waals surface area contributed by atoms with Crippen molar-refractivity contribution < 1.29 is 34.9 Å². The maximum atomic E-state index is 12.6. The molecule has 0 radical (unpaired) electrons. The van der Waals surface area contributed by atoms with Gasteiger partial charge in [0.2, 0.25) is 0 Å². The summed E-state index contributed by atoms with van der Waals surface area (Å²) in [6, 6.07) is 14.4. The first-order valence-corrected chi connectivity index (χ1v) is 12.1. The second-order valence-electron chi connectivity index (χ2n) is 5.73. The summed E-state index contributed by atoms with van der Waals surface area (Å²) in [4.78, 5) is 0. The van der Waals surface area contributed by atoms with Gasteiger partial charge < -0.3 is 0 Å². The Labute approximate surface area is 163 Å². The van der Waals surface area contributed by atoms with Gasteiger partial charge in [-0.1, -0.05) is 0 Å². The summed E-state index contributed by atoms with van der Waals surface area (Å²) in [6.07, 6.45) is 7.22. The van der Waals surface area contributed by atoms with Crippen LogP contribution in [0.4, 0.5) is 0 Å². The van der Waals surface area contributed by atoms with Crippen molar-refractivity contribution in [2.24, 2.45) is 0 Å². The van der Waals surface area contributed by atoms with E-state index in [0.717, 1.165) is 31.7 Å². The van der Waals surface area contributed by atoms with E-state index in [0.29, 0.717) is 5.02 Å². The van der Waals surface area contributed by atoms with Crippen LogP contribution in [0.25, 0.3) is 0 Å². The number of unbranched alkanes of at least 4 members (excludes halogenated alkanes) is 5. The molecule has 0 amide bonds. The molecule has 2 aromatic carbocycles. The summed E-state index contributed by atoms with van der Waals surface area (Å²) >= 11 is 2.92. The van der Waals surface area contributed by atoms with Crippen LogP contribution in [0.5, 0.6) is 0 Å². The second kappa shape index (κ2) is 11.1. The summed E-state index contributed by atoms with van der Waals surface area (Å²) in [5.74, 6) is 0. The Morgan fingerprint density at radius 2 is 1.20 bits per heavy atom. The van der Waals surface area contributed by atoms with Gasteiger partial charge in [-0.05, 0) is 0 Å². The zero-order chi connectivity index (χ0) is 18.1. The Kier molecular flexibility index (Phi) is 9.20. The van der Waals surface area contributed by atoms with Crippen molar-refractivity contribution in [1.29, 1.82) is 0 Å². The molecule has 0 bridgehead atoms. The number of hydrogen-bond donors (Lipinski definition) is 0. The summed E-state index contributed by atoms with van der Waals surface area (Å²) < 4.78 is 27.3. The third-order valence-corrected chi connectivity index (χ3v) is 7.65. The van der Waals surface area contributed by atoms with Crippen LogP contribution in [0, 0.1) is 0 Å². The van der Waals surface area contributed by atoms with Crippen LogP contribution in [0.3, 0.4) is 0 Å². The molecule has 0 spiro atoms. The molecule has 0 aliphatic rings. The van der Waals surface area contributed by atoms with Crippen LogP contribution < -0.4 is 13.5 Å². The van der Waals surface area contributed by atoms with Crippen molar-refractivity contribution in [3.63, 3.8) is 0 Å². The second-order valence-corrected chi connectivity index (χ2v) is 10.1. The van der Waals surface area contributed by atoms with Gasteiger partial charge >= 0.3 is 164 Å². The van der Waals surface area contributed by atoms with E-state index >= 15 is 0 Å². The first-order valence-electron chi connectivity index (χ1n) is 8.55. The first kappa shape index (κ1) is 20.7. The summed E-state index contributed by atoms with van der Waals surface area (Å²) in [7, 11) is 0. The molecule has 25 heavy (non-hydrogen) atoms. The predicted molar refractivity (Wildman–Crippen MR) is 96.4 cm³/mol. The quantitative estimate of drug-likeness (QED) is 0.495. The van der Waals surface area contributed by atoms with Crippen LogP contribution in [0.1, 0.15) is 45.4 Å². The molecule has 5 heteroatoms. The van der Waals surface area contributed by atoms with E-state index in [9.17, 15) is 7.73 Å². The molecule has 0 heterocycles. The molecular formula is C20H25ClCo2O2. The number of rotatable bonds is 10. The molecule has 0 aliphatic heterocycles. The minimum absolute atomic E-state index is 0.633. The van der Waals surface area contributed by atoms with E-state index in [-0.39, 0.29) is 0 Å². The van der Waals surface area contributed by atoms with Gasteiger partial charge in [-0.3, -0.25) is 0 Å². The number of benzene rings is 2. The van der Waals surface area contributed by atoms with Gasteiger partial charge in [-0.15, -0.1) is 0 Å². The zero-order valence-corrected chi connectivity index (χ0v) is 17.3. The van der Waals surface area contributed by atoms with Gasteiger partial charge in [0.1, 0.15) is 0 Å². The topological polar surface area (TPSA) is 34.1 Å². The minimum atomic E-state index is -1.61. The van der Waals surface area contributed by atoms with Gasteiger partial charge in [-0.2, -0.15) is 0 Å². The van der Waals surface area contributed by atoms with Gasteiger partial charge in [0, 0.05) is 0 Å². The fourth-order valence-electron chi connectivity index (χ4n) is 2.34. The third kappa shape index (κ3) is 6.87. The van der Waals surface area contributed by atoms with Crippen LogP contribution >= 0.6 is 11.6 Å². The Morgan fingerprint density at radius 3 is 1.80 bits per heavy atom. The maximum absolute atomic E-state index is 12.6. The van der Waals surface area contributed by atoms with E-state index in [1.807, 2.05) is 24.3 Å². The van der Waals surface area contributed by atoms with Crippen LogP contribution in [0.2, 0.25) is 10.4 Å². The average Bonchev–Trinajstić information content (AvgIpc) is 2.64. The van der Waals surface area contributed by atoms with Crippen molar-refractivity contribution in [3.05, 3.63) is 53.6 Å². The van der Waals surface area contributed by atoms with E-state index in [1.165, 1.54) is 25.7 Å². The fourth-order valence-corrected chi connectivity index (χ4v) is 5.25. The van der Waals surface area contributed by atoms with E-state index < -0.39 is 27.2 Å². The fraction of sp³-hybridized carbons (Fsp3) is 0.400. The SMILES string of the molecule is CCCCCCC[CH2][Co](=[O])[c]1cc[c]([Co](=[O])[c]2ccc(Cl)cc2)cc1. The molecule has 2 rings (SSSR count). The van der Waals surface area contributed by atoms with Gasteiger partial charge in [0.05, 0.1) is 0 Å². The molecule has 0 fully saturated rings. The van der Waals surface area contributed by atoms with Gasteiger partial charge in [0.15, 0.2) is 0 Å². The molecule has 2 nitrogen and oxygen atoms in total. The molecule has 0 atom stereocenters. The van der Waals surface area contributed by atoms with Crippen LogP contribution in [0.15, 0.2) is 48.5 Å². The van der Waals surface area contributed by atoms with E-state index in [4.69, 9.17) is 11.6 Å². The van der Waals surface area contributed by atoms with Gasteiger partial charge in [-0.25, -0.2) is 0 Å². The van der Waals surface area contributed by atoms with Crippen LogP contribution in [-0.4, -0.2) is 0 Å². The average molecular weight is 451 g/mol. The molecular weight excluding hydrogens is 426 g/mol. The summed E-state index contributed by atoms with van der Waals surface area (Å²) in [5.41, 5.74) is 0. The number of hydrogen-bond acceptors (Lipinski definition) is 2. The zero-order valence-electron chi connectivity index (χ0n) is 14.4. The Balaban J connectivity index is 1.87. The van der Waals surface area contributed by atoms with Crippen molar-refractivity contribution >= 4 is 25.1 Å². The Morgan fingerprint density at radius 1 is 0.720 bits per heavy atom. The van der Waals surface area contributed by atoms with Crippen molar-refractivity contribution in [2.45, 2.75) is 50.8 Å². The van der Waals surface area contributed by atoms with Gasteiger partial charge in [0.25, 0.3) is 0 Å². The van der Waals surface area contributed by atoms with Crippen molar-refractivity contribution in [1.82, 2.24) is 0 Å². The normalized spacial score (nSPS) is 12.1. The summed E-state index contributed by atoms with van der Waals surface area (Å²) in [5, 5.41) is 1.37. The molecule has 2 aromatic rings. The standard InChI is InChI=1S/C8H17.C6H4Cl.C6H4.2Co.2O/c1-3-5-7-8-6-4-2;7-6-4-2-1-3-5-6;1-2-4-6-5-3-1;;;;/h1,3-8H2,2H3;2-5H;1-2,5-6H;;;;. The summed E-state index contributed by atoms with van der Waals surface area (Å²) in [6.45, 7) is 2.21. The van der Waals surface area contributed by atoms with Crippen molar-refractivity contribution in [3.8, 4) is 0 Å². The predicted octanol–water partition coefficient (Wildman–Crippen LogP) is 4.62. The Bertz CT molecular complexity index is 697. The van der Waals surface area contributed by atoms with Crippen LogP contribution in [-0.2, 0) is 34.9 Å². The van der Waals surface area contributed by atoms with E-state index in [2.05, 4.69) is 6.92 Å². The molecule has 0 N–H and O–H groups in total. The molecule has 0 saturated carbocycles. The molecule has 0 saturated heterocycles. The van der Waals surface area contributed by atoms with Crippen molar-refractivity contribution in [2.75, 3.05) is 0 Å². The number of halogens is 1. The molecule has 0 unspecified atom stereocenters. The molecule has 0 aromatic heterocycles. The third-order valence-electron chi connectivity index (χ3n) is 3.75.